The van der Waals surface area contributed by atoms with Gasteiger partial charge in [-0.3, -0.25) is 0 Å². The number of nitrogens with one attached hydrogen (secondary N) is 1. The van der Waals surface area contributed by atoms with Crippen molar-refractivity contribution in [3.05, 3.63) is 35.9 Å². The molecule has 0 aliphatic heterocycles. The van der Waals surface area contributed by atoms with Crippen LogP contribution in [0.3, 0.4) is 0 Å². The van der Waals surface area contributed by atoms with Gasteiger partial charge >= 0.3 is 0 Å². The third-order valence-electron chi connectivity index (χ3n) is 2.71. The molecule has 1 heterocycles. The molecule has 2 rings (SSSR count). The quantitative estimate of drug-likeness (QED) is 0.878. The molecular formula is C15H20N2O. The largest absolute Gasteiger partial charge is 0.477 e. The number of aromatic nitrogens is 1. The van der Waals surface area contributed by atoms with Crippen molar-refractivity contribution in [3.8, 4) is 5.88 Å². The van der Waals surface area contributed by atoms with Gasteiger partial charge in [0, 0.05) is 18.0 Å². The van der Waals surface area contributed by atoms with E-state index in [1.807, 2.05) is 31.3 Å². The summed E-state index contributed by atoms with van der Waals surface area (Å²) in [6.45, 7) is 5.79. The summed E-state index contributed by atoms with van der Waals surface area (Å²) in [4.78, 5) is 4.54. The maximum atomic E-state index is 5.72. The standard InChI is InChI=1S/C15H20N2O/c1-11(2)10-18-15-8-12(9-16-3)13-6-4-5-7-14(13)17-15/h4-8,11,16H,9-10H2,1-3H3. The van der Waals surface area contributed by atoms with E-state index in [9.17, 15) is 0 Å². The van der Waals surface area contributed by atoms with Gasteiger partial charge in [0.2, 0.25) is 5.88 Å². The molecule has 0 saturated heterocycles. The van der Waals surface area contributed by atoms with Crippen molar-refractivity contribution in [2.45, 2.75) is 20.4 Å². The highest BCUT2D eigenvalue weighted by atomic mass is 16.5. The Bertz CT molecular complexity index is 523. The summed E-state index contributed by atoms with van der Waals surface area (Å²) in [5, 5.41) is 4.37. The lowest BCUT2D eigenvalue weighted by Crippen LogP contribution is -2.09. The van der Waals surface area contributed by atoms with E-state index in [1.54, 1.807) is 0 Å². The molecule has 1 N–H and O–H groups in total. The Morgan fingerprint density at radius 1 is 1.28 bits per heavy atom. The van der Waals surface area contributed by atoms with Crippen molar-refractivity contribution < 1.29 is 4.74 Å². The lowest BCUT2D eigenvalue weighted by atomic mass is 10.1. The third kappa shape index (κ3) is 2.99. The molecule has 18 heavy (non-hydrogen) atoms. The first-order valence-corrected chi connectivity index (χ1v) is 6.36. The fourth-order valence-electron chi connectivity index (χ4n) is 1.88. The SMILES string of the molecule is CNCc1cc(OCC(C)C)nc2ccccc12. The highest BCUT2D eigenvalue weighted by molar-refractivity contribution is 5.82. The highest BCUT2D eigenvalue weighted by Gasteiger charge is 2.06. The van der Waals surface area contributed by atoms with Crippen LogP contribution in [-0.4, -0.2) is 18.6 Å². The first-order valence-electron chi connectivity index (χ1n) is 6.36. The molecule has 0 aliphatic carbocycles. The number of hydrogen-bond acceptors (Lipinski definition) is 3. The molecule has 0 bridgehead atoms. The zero-order valence-corrected chi connectivity index (χ0v) is 11.2. The van der Waals surface area contributed by atoms with Crippen LogP contribution in [0.1, 0.15) is 19.4 Å². The van der Waals surface area contributed by atoms with E-state index in [4.69, 9.17) is 4.74 Å². The van der Waals surface area contributed by atoms with E-state index in [0.717, 1.165) is 12.1 Å². The molecule has 0 spiro atoms. The van der Waals surface area contributed by atoms with E-state index in [1.165, 1.54) is 10.9 Å². The van der Waals surface area contributed by atoms with Gasteiger partial charge in [-0.25, -0.2) is 4.98 Å². The van der Waals surface area contributed by atoms with Crippen LogP contribution in [0.2, 0.25) is 0 Å². The van der Waals surface area contributed by atoms with Crippen LogP contribution in [-0.2, 0) is 6.54 Å². The highest BCUT2D eigenvalue weighted by Crippen LogP contribution is 2.22. The number of pyridine rings is 1. The second-order valence-electron chi connectivity index (χ2n) is 4.87. The monoisotopic (exact) mass is 244 g/mol. The van der Waals surface area contributed by atoms with Gasteiger partial charge in [0.25, 0.3) is 0 Å². The summed E-state index contributed by atoms with van der Waals surface area (Å²) >= 11 is 0. The van der Waals surface area contributed by atoms with Crippen LogP contribution in [0, 0.1) is 5.92 Å². The summed E-state index contributed by atoms with van der Waals surface area (Å²) in [5.41, 5.74) is 2.21. The molecule has 0 atom stereocenters. The molecule has 3 nitrogen and oxygen atoms in total. The first-order chi connectivity index (χ1) is 8.70. The van der Waals surface area contributed by atoms with E-state index >= 15 is 0 Å². The fourth-order valence-corrected chi connectivity index (χ4v) is 1.88. The minimum absolute atomic E-state index is 0.506. The van der Waals surface area contributed by atoms with Gasteiger partial charge in [0.1, 0.15) is 0 Å². The average Bonchev–Trinajstić information content (AvgIpc) is 2.37. The maximum Gasteiger partial charge on any atom is 0.214 e. The van der Waals surface area contributed by atoms with Crippen LogP contribution in [0.4, 0.5) is 0 Å². The van der Waals surface area contributed by atoms with Gasteiger partial charge in [-0.15, -0.1) is 0 Å². The van der Waals surface area contributed by atoms with Crippen molar-refractivity contribution in [2.75, 3.05) is 13.7 Å². The minimum atomic E-state index is 0.506. The summed E-state index contributed by atoms with van der Waals surface area (Å²) in [6.07, 6.45) is 0. The minimum Gasteiger partial charge on any atom is -0.477 e. The number of nitrogens with zero attached hydrogens (tertiary/aromatic N) is 1. The summed E-state index contributed by atoms with van der Waals surface area (Å²) in [6, 6.07) is 10.2. The third-order valence-corrected chi connectivity index (χ3v) is 2.71. The molecule has 1 aromatic heterocycles. The predicted octanol–water partition coefficient (Wildman–Crippen LogP) is 2.99. The number of fused-ring (bicyclic) bond motifs is 1. The van der Waals surface area contributed by atoms with Crippen LogP contribution in [0.25, 0.3) is 10.9 Å². The maximum absolute atomic E-state index is 5.72. The number of para-hydroxylation sites is 1. The van der Waals surface area contributed by atoms with Gasteiger partial charge in [0.05, 0.1) is 12.1 Å². The Morgan fingerprint density at radius 2 is 2.06 bits per heavy atom. The van der Waals surface area contributed by atoms with Crippen molar-refractivity contribution >= 4 is 10.9 Å². The van der Waals surface area contributed by atoms with Crippen LogP contribution in [0.5, 0.6) is 5.88 Å². The van der Waals surface area contributed by atoms with Crippen LogP contribution < -0.4 is 10.1 Å². The van der Waals surface area contributed by atoms with E-state index in [0.29, 0.717) is 18.4 Å². The Morgan fingerprint density at radius 3 is 2.78 bits per heavy atom. The summed E-state index contributed by atoms with van der Waals surface area (Å²) < 4.78 is 5.72. The Labute approximate surface area is 108 Å². The molecule has 0 unspecified atom stereocenters. The van der Waals surface area contributed by atoms with Crippen molar-refractivity contribution in [3.63, 3.8) is 0 Å². The van der Waals surface area contributed by atoms with Crippen molar-refractivity contribution in [1.82, 2.24) is 10.3 Å². The lowest BCUT2D eigenvalue weighted by Gasteiger charge is -2.11. The van der Waals surface area contributed by atoms with Crippen molar-refractivity contribution in [1.29, 1.82) is 0 Å². The van der Waals surface area contributed by atoms with E-state index in [-0.39, 0.29) is 0 Å². The van der Waals surface area contributed by atoms with Gasteiger partial charge in [0.15, 0.2) is 0 Å². The zero-order chi connectivity index (χ0) is 13.0. The molecular weight excluding hydrogens is 224 g/mol. The molecule has 96 valence electrons. The smallest absolute Gasteiger partial charge is 0.214 e. The molecule has 0 saturated carbocycles. The van der Waals surface area contributed by atoms with Gasteiger partial charge in [-0.1, -0.05) is 32.0 Å². The van der Waals surface area contributed by atoms with Crippen LogP contribution in [0.15, 0.2) is 30.3 Å². The number of benzene rings is 1. The predicted molar refractivity (Wildman–Crippen MR) is 74.8 cm³/mol. The fraction of sp³-hybridized carbons (Fsp3) is 0.400. The average molecular weight is 244 g/mol. The molecule has 2 aromatic rings. The Balaban J connectivity index is 2.37. The molecule has 3 heteroatoms. The molecule has 0 radical (unpaired) electrons. The molecule has 0 amide bonds. The Hall–Kier alpha value is -1.61. The number of rotatable bonds is 5. The van der Waals surface area contributed by atoms with Gasteiger partial charge in [-0.2, -0.15) is 0 Å². The van der Waals surface area contributed by atoms with Crippen molar-refractivity contribution in [2.24, 2.45) is 5.92 Å². The zero-order valence-electron chi connectivity index (χ0n) is 11.2. The summed E-state index contributed by atoms with van der Waals surface area (Å²) in [5.74, 6) is 1.22. The number of hydrogen-bond donors (Lipinski definition) is 1. The Kier molecular flexibility index (Phi) is 4.15. The normalized spacial score (nSPS) is 11.1. The van der Waals surface area contributed by atoms with Crippen LogP contribution >= 0.6 is 0 Å². The van der Waals surface area contributed by atoms with E-state index in [2.05, 4.69) is 30.2 Å². The molecule has 0 aliphatic rings. The lowest BCUT2D eigenvalue weighted by molar-refractivity contribution is 0.262. The second-order valence-corrected chi connectivity index (χ2v) is 4.87. The van der Waals surface area contributed by atoms with Gasteiger partial charge < -0.3 is 10.1 Å². The summed E-state index contributed by atoms with van der Waals surface area (Å²) in [7, 11) is 1.95. The first kappa shape index (κ1) is 12.8. The van der Waals surface area contributed by atoms with Gasteiger partial charge in [-0.05, 0) is 24.6 Å². The second kappa shape index (κ2) is 5.83. The number of ether oxygens (including phenoxy) is 1. The van der Waals surface area contributed by atoms with E-state index < -0.39 is 0 Å². The topological polar surface area (TPSA) is 34.1 Å². The molecule has 1 aromatic carbocycles. The molecule has 0 fully saturated rings.